The average molecular weight is 309 g/mol. The number of nitro groups is 1. The molecular weight excluding hydrogens is 298 g/mol. The SMILES string of the molecule is O=C1/C(=C/C=C\c2ccccc2[N+](=O)[O-])Sc2ccccc21. The summed E-state index contributed by atoms with van der Waals surface area (Å²) in [6, 6.07) is 13.9. The highest BCUT2D eigenvalue weighted by molar-refractivity contribution is 8.04. The molecule has 0 fully saturated rings. The summed E-state index contributed by atoms with van der Waals surface area (Å²) in [6.45, 7) is 0. The molecule has 0 amide bonds. The first-order valence-corrected chi connectivity index (χ1v) is 7.42. The number of carbonyl (C=O) groups is 1. The number of nitrogens with zero attached hydrogens (tertiary/aromatic N) is 1. The molecule has 1 heterocycles. The molecule has 1 aliphatic heterocycles. The standard InChI is InChI=1S/C17H11NO3S/c19-17-13-8-2-4-10-15(13)22-16(17)11-5-7-12-6-1-3-9-14(12)18(20)21/h1-11H/b7-5-,16-11-. The Labute approximate surface area is 131 Å². The molecular formula is C17H11NO3S. The molecule has 3 rings (SSSR count). The van der Waals surface area contributed by atoms with Crippen LogP contribution in [0.15, 0.2) is 70.5 Å². The third-order valence-electron chi connectivity index (χ3n) is 3.23. The van der Waals surface area contributed by atoms with Gasteiger partial charge >= 0.3 is 0 Å². The van der Waals surface area contributed by atoms with E-state index in [1.807, 2.05) is 18.2 Å². The highest BCUT2D eigenvalue weighted by atomic mass is 32.2. The van der Waals surface area contributed by atoms with Gasteiger partial charge in [0.25, 0.3) is 5.69 Å². The lowest BCUT2D eigenvalue weighted by Crippen LogP contribution is -1.93. The molecule has 108 valence electrons. The lowest BCUT2D eigenvalue weighted by molar-refractivity contribution is -0.385. The molecule has 2 aromatic carbocycles. The minimum Gasteiger partial charge on any atom is -0.288 e. The fourth-order valence-electron chi connectivity index (χ4n) is 2.18. The largest absolute Gasteiger partial charge is 0.288 e. The van der Waals surface area contributed by atoms with Gasteiger partial charge in [-0.25, -0.2) is 0 Å². The fraction of sp³-hybridized carbons (Fsp3) is 0. The van der Waals surface area contributed by atoms with Gasteiger partial charge in [-0.2, -0.15) is 0 Å². The fourth-order valence-corrected chi connectivity index (χ4v) is 3.19. The molecule has 0 bridgehead atoms. The molecule has 0 N–H and O–H groups in total. The quantitative estimate of drug-likeness (QED) is 0.476. The number of Topliss-reactive ketones (excluding diaryl/α,β-unsaturated/α-hetero) is 1. The summed E-state index contributed by atoms with van der Waals surface area (Å²) in [5.74, 6) is -0.00666. The summed E-state index contributed by atoms with van der Waals surface area (Å²) >= 11 is 1.42. The molecule has 5 heteroatoms. The van der Waals surface area contributed by atoms with E-state index in [9.17, 15) is 14.9 Å². The van der Waals surface area contributed by atoms with E-state index in [2.05, 4.69) is 0 Å². The number of benzene rings is 2. The first-order chi connectivity index (χ1) is 10.7. The van der Waals surface area contributed by atoms with Crippen LogP contribution in [0, 0.1) is 10.1 Å². The van der Waals surface area contributed by atoms with Crippen molar-refractivity contribution in [1.82, 2.24) is 0 Å². The third-order valence-corrected chi connectivity index (χ3v) is 4.35. The number of fused-ring (bicyclic) bond motifs is 1. The maximum Gasteiger partial charge on any atom is 0.276 e. The number of hydrogen-bond donors (Lipinski definition) is 0. The minimum absolute atomic E-state index is 0.00666. The Hall–Kier alpha value is -2.66. The Morgan fingerprint density at radius 3 is 2.55 bits per heavy atom. The van der Waals surface area contributed by atoms with Crippen LogP contribution in [0.25, 0.3) is 6.08 Å². The van der Waals surface area contributed by atoms with Gasteiger partial charge in [0.05, 0.1) is 15.4 Å². The second kappa shape index (κ2) is 5.99. The average Bonchev–Trinajstić information content (AvgIpc) is 2.85. The van der Waals surface area contributed by atoms with E-state index < -0.39 is 4.92 Å². The number of allylic oxidation sites excluding steroid dienone is 3. The predicted molar refractivity (Wildman–Crippen MR) is 86.8 cm³/mol. The molecule has 0 aromatic heterocycles. The summed E-state index contributed by atoms with van der Waals surface area (Å²) in [4.78, 5) is 24.3. The number of thioether (sulfide) groups is 1. The lowest BCUT2D eigenvalue weighted by Gasteiger charge is -1.95. The molecule has 0 saturated carbocycles. The molecule has 0 unspecified atom stereocenters. The molecule has 2 aromatic rings. The predicted octanol–water partition coefficient (Wildman–Crippen LogP) is 4.48. The Morgan fingerprint density at radius 2 is 1.77 bits per heavy atom. The van der Waals surface area contributed by atoms with Gasteiger partial charge in [0, 0.05) is 16.5 Å². The van der Waals surface area contributed by atoms with Crippen LogP contribution in [0.5, 0.6) is 0 Å². The molecule has 0 atom stereocenters. The van der Waals surface area contributed by atoms with Crippen molar-refractivity contribution >= 4 is 29.3 Å². The van der Waals surface area contributed by atoms with Crippen LogP contribution < -0.4 is 0 Å². The molecule has 1 aliphatic rings. The maximum atomic E-state index is 12.2. The van der Waals surface area contributed by atoms with Crippen LogP contribution in [0.4, 0.5) is 5.69 Å². The van der Waals surface area contributed by atoms with Gasteiger partial charge in [-0.3, -0.25) is 14.9 Å². The Bertz CT molecular complexity index is 824. The zero-order chi connectivity index (χ0) is 15.5. The van der Waals surface area contributed by atoms with Gasteiger partial charge in [0.2, 0.25) is 5.78 Å². The van der Waals surface area contributed by atoms with Crippen molar-refractivity contribution in [3.8, 4) is 0 Å². The lowest BCUT2D eigenvalue weighted by atomic mass is 10.1. The summed E-state index contributed by atoms with van der Waals surface area (Å²) in [7, 11) is 0. The Balaban J connectivity index is 1.84. The van der Waals surface area contributed by atoms with Crippen molar-refractivity contribution in [2.24, 2.45) is 0 Å². The van der Waals surface area contributed by atoms with Crippen LogP contribution in [-0.4, -0.2) is 10.7 Å². The van der Waals surface area contributed by atoms with Gasteiger partial charge in [-0.1, -0.05) is 42.1 Å². The molecule has 0 radical (unpaired) electrons. The smallest absolute Gasteiger partial charge is 0.276 e. The number of para-hydroxylation sites is 1. The van der Waals surface area contributed by atoms with Crippen LogP contribution in [-0.2, 0) is 0 Å². The van der Waals surface area contributed by atoms with Gasteiger partial charge in [0.15, 0.2) is 0 Å². The van der Waals surface area contributed by atoms with Crippen LogP contribution in [0.2, 0.25) is 0 Å². The zero-order valence-corrected chi connectivity index (χ0v) is 12.2. The van der Waals surface area contributed by atoms with Gasteiger partial charge < -0.3 is 0 Å². The zero-order valence-electron chi connectivity index (χ0n) is 11.4. The van der Waals surface area contributed by atoms with Gasteiger partial charge in [-0.05, 0) is 30.4 Å². The van der Waals surface area contributed by atoms with Gasteiger partial charge in [0.1, 0.15) is 0 Å². The Morgan fingerprint density at radius 1 is 1.05 bits per heavy atom. The molecule has 4 nitrogen and oxygen atoms in total. The van der Waals surface area contributed by atoms with Crippen LogP contribution in [0.1, 0.15) is 15.9 Å². The maximum absolute atomic E-state index is 12.2. The van der Waals surface area contributed by atoms with Crippen molar-refractivity contribution in [3.05, 3.63) is 86.8 Å². The normalized spacial score (nSPS) is 15.5. The topological polar surface area (TPSA) is 60.2 Å². The van der Waals surface area contributed by atoms with E-state index in [1.54, 1.807) is 42.5 Å². The van der Waals surface area contributed by atoms with E-state index >= 15 is 0 Å². The minimum atomic E-state index is -0.419. The van der Waals surface area contributed by atoms with E-state index in [0.29, 0.717) is 16.0 Å². The van der Waals surface area contributed by atoms with E-state index in [0.717, 1.165) is 4.90 Å². The number of hydrogen-bond acceptors (Lipinski definition) is 4. The number of nitro benzene ring substituents is 1. The first kappa shape index (κ1) is 14.3. The number of carbonyl (C=O) groups excluding carboxylic acids is 1. The second-order valence-electron chi connectivity index (χ2n) is 4.63. The second-order valence-corrected chi connectivity index (χ2v) is 5.72. The van der Waals surface area contributed by atoms with E-state index in [4.69, 9.17) is 0 Å². The van der Waals surface area contributed by atoms with Crippen molar-refractivity contribution < 1.29 is 9.72 Å². The molecule has 0 saturated heterocycles. The monoisotopic (exact) mass is 309 g/mol. The summed E-state index contributed by atoms with van der Waals surface area (Å²) in [6.07, 6.45) is 5.01. The van der Waals surface area contributed by atoms with Crippen LogP contribution >= 0.6 is 11.8 Å². The summed E-state index contributed by atoms with van der Waals surface area (Å²) < 4.78 is 0. The molecule has 0 spiro atoms. The molecule has 22 heavy (non-hydrogen) atoms. The van der Waals surface area contributed by atoms with E-state index in [1.165, 1.54) is 17.8 Å². The van der Waals surface area contributed by atoms with E-state index in [-0.39, 0.29) is 11.5 Å². The summed E-state index contributed by atoms with van der Waals surface area (Å²) in [5, 5.41) is 10.9. The van der Waals surface area contributed by atoms with Crippen LogP contribution in [0.3, 0.4) is 0 Å². The summed E-state index contributed by atoms with van der Waals surface area (Å²) in [5.41, 5.74) is 1.26. The van der Waals surface area contributed by atoms with Crippen molar-refractivity contribution in [2.45, 2.75) is 4.90 Å². The molecule has 0 aliphatic carbocycles. The highest BCUT2D eigenvalue weighted by Gasteiger charge is 2.24. The van der Waals surface area contributed by atoms with Crippen molar-refractivity contribution in [3.63, 3.8) is 0 Å². The third kappa shape index (κ3) is 2.71. The Kier molecular flexibility index (Phi) is 3.89. The van der Waals surface area contributed by atoms with Gasteiger partial charge in [-0.15, -0.1) is 0 Å². The number of rotatable bonds is 3. The highest BCUT2D eigenvalue weighted by Crippen LogP contribution is 2.39. The number of ketones is 1. The first-order valence-electron chi connectivity index (χ1n) is 6.60. The van der Waals surface area contributed by atoms with Crippen molar-refractivity contribution in [1.29, 1.82) is 0 Å². The van der Waals surface area contributed by atoms with Crippen molar-refractivity contribution in [2.75, 3.05) is 0 Å².